The zero-order chi connectivity index (χ0) is 12.0. The fourth-order valence-corrected chi connectivity index (χ4v) is 2.75. The molecule has 4 heteroatoms. The summed E-state index contributed by atoms with van der Waals surface area (Å²) in [5.41, 5.74) is 1.66. The van der Waals surface area contributed by atoms with Crippen LogP contribution in [0.1, 0.15) is 5.56 Å². The highest BCUT2D eigenvalue weighted by molar-refractivity contribution is 8.22. The van der Waals surface area contributed by atoms with Gasteiger partial charge in [0.1, 0.15) is 5.75 Å². The number of methoxy groups -OCH3 is 1. The number of ether oxygens (including phenoxy) is 1. The molecule has 0 aliphatic heterocycles. The Morgan fingerprint density at radius 3 is 2.12 bits per heavy atom. The van der Waals surface area contributed by atoms with Gasteiger partial charge in [0.2, 0.25) is 0 Å². The lowest BCUT2D eigenvalue weighted by molar-refractivity contribution is -0.103. The Hall–Kier alpha value is -0.870. The van der Waals surface area contributed by atoms with Crippen molar-refractivity contribution >= 4 is 35.4 Å². The van der Waals surface area contributed by atoms with Crippen molar-refractivity contribution in [2.45, 2.75) is 0 Å². The lowest BCUT2D eigenvalue weighted by Gasteiger charge is -2.07. The maximum Gasteiger partial charge on any atom is 0.152 e. The van der Waals surface area contributed by atoms with E-state index in [0.717, 1.165) is 27.4 Å². The minimum atomic E-state index is 0.739. The molecule has 0 N–H and O–H groups in total. The monoisotopic (exact) mass is 254 g/mol. The molecule has 1 aromatic carbocycles. The van der Waals surface area contributed by atoms with Crippen molar-refractivity contribution in [3.05, 3.63) is 34.1 Å². The van der Waals surface area contributed by atoms with E-state index in [-0.39, 0.29) is 0 Å². The van der Waals surface area contributed by atoms with Crippen molar-refractivity contribution in [3.8, 4) is 5.75 Å². The molecule has 0 heterocycles. The first-order valence-corrected chi connectivity index (χ1v) is 7.13. The molecule has 0 unspecified atom stereocenters. The van der Waals surface area contributed by atoms with Gasteiger partial charge >= 0.3 is 0 Å². The number of aldehydes is 1. The third-order valence-electron chi connectivity index (χ3n) is 2.11. The lowest BCUT2D eigenvalue weighted by Crippen LogP contribution is -1.89. The molecule has 2 nitrogen and oxygen atoms in total. The zero-order valence-electron chi connectivity index (χ0n) is 9.52. The number of carbonyl (C=O) groups excluding carboxylic acids is 1. The molecule has 0 aromatic heterocycles. The normalized spacial score (nSPS) is 9.69. The number of thioether (sulfide) groups is 2. The number of hydrogen-bond donors (Lipinski definition) is 0. The first-order valence-electron chi connectivity index (χ1n) is 4.68. The topological polar surface area (TPSA) is 26.3 Å². The van der Waals surface area contributed by atoms with Crippen LogP contribution >= 0.6 is 23.5 Å². The van der Waals surface area contributed by atoms with Gasteiger partial charge in [-0.3, -0.25) is 4.79 Å². The molecule has 0 saturated carbocycles. The maximum atomic E-state index is 11.1. The van der Waals surface area contributed by atoms with Crippen LogP contribution in [-0.4, -0.2) is 25.9 Å². The average molecular weight is 254 g/mol. The number of carbonyl (C=O) groups is 1. The van der Waals surface area contributed by atoms with E-state index in [1.165, 1.54) is 0 Å². The van der Waals surface area contributed by atoms with Crippen molar-refractivity contribution in [1.82, 2.24) is 0 Å². The van der Waals surface area contributed by atoms with Crippen molar-refractivity contribution < 1.29 is 9.53 Å². The smallest absolute Gasteiger partial charge is 0.152 e. The SMILES string of the molecule is COc1ccc(C(C=O)=C(SC)SC)cc1. The average Bonchev–Trinajstić information content (AvgIpc) is 2.36. The highest BCUT2D eigenvalue weighted by atomic mass is 32.2. The van der Waals surface area contributed by atoms with Crippen LogP contribution in [0, 0.1) is 0 Å². The maximum absolute atomic E-state index is 11.1. The summed E-state index contributed by atoms with van der Waals surface area (Å²) in [5, 5.41) is 0. The number of rotatable bonds is 5. The lowest BCUT2D eigenvalue weighted by atomic mass is 10.1. The molecule has 0 atom stereocenters. The molecule has 1 aromatic rings. The van der Waals surface area contributed by atoms with Gasteiger partial charge in [-0.15, -0.1) is 23.5 Å². The number of hydrogen-bond acceptors (Lipinski definition) is 4. The second-order valence-electron chi connectivity index (χ2n) is 2.96. The molecule has 16 heavy (non-hydrogen) atoms. The van der Waals surface area contributed by atoms with Gasteiger partial charge in [0, 0.05) is 5.57 Å². The van der Waals surface area contributed by atoms with E-state index in [9.17, 15) is 4.79 Å². The van der Waals surface area contributed by atoms with Gasteiger partial charge in [-0.1, -0.05) is 12.1 Å². The van der Waals surface area contributed by atoms with Crippen LogP contribution in [0.3, 0.4) is 0 Å². The first-order chi connectivity index (χ1) is 7.76. The number of allylic oxidation sites excluding steroid dienone is 1. The van der Waals surface area contributed by atoms with Gasteiger partial charge in [-0.2, -0.15) is 0 Å². The van der Waals surface area contributed by atoms with Crippen LogP contribution < -0.4 is 4.74 Å². The van der Waals surface area contributed by atoms with Gasteiger partial charge in [0.05, 0.1) is 11.3 Å². The second-order valence-corrected chi connectivity index (χ2v) is 4.85. The Morgan fingerprint density at radius 2 is 1.75 bits per heavy atom. The van der Waals surface area contributed by atoms with Crippen molar-refractivity contribution in [3.63, 3.8) is 0 Å². The first kappa shape index (κ1) is 13.2. The molecule has 0 aliphatic rings. The molecule has 0 fully saturated rings. The minimum Gasteiger partial charge on any atom is -0.497 e. The molecule has 86 valence electrons. The Labute approximate surface area is 104 Å². The van der Waals surface area contributed by atoms with Crippen molar-refractivity contribution in [1.29, 1.82) is 0 Å². The predicted octanol–water partition coefficient (Wildman–Crippen LogP) is 3.29. The molecule has 0 amide bonds. The van der Waals surface area contributed by atoms with E-state index < -0.39 is 0 Å². The molecular weight excluding hydrogens is 240 g/mol. The second kappa shape index (κ2) is 6.66. The highest BCUT2D eigenvalue weighted by Gasteiger charge is 2.07. The summed E-state index contributed by atoms with van der Waals surface area (Å²) in [6.45, 7) is 0. The van der Waals surface area contributed by atoms with E-state index in [4.69, 9.17) is 4.74 Å². The Balaban J connectivity index is 3.13. The van der Waals surface area contributed by atoms with Gasteiger partial charge in [-0.05, 0) is 30.2 Å². The van der Waals surface area contributed by atoms with E-state index in [2.05, 4.69) is 0 Å². The minimum absolute atomic E-state index is 0.739. The summed E-state index contributed by atoms with van der Waals surface area (Å²) in [6.07, 6.45) is 4.85. The molecular formula is C12H14O2S2. The van der Waals surface area contributed by atoms with Crippen LogP contribution in [0.4, 0.5) is 0 Å². The zero-order valence-corrected chi connectivity index (χ0v) is 11.2. The van der Waals surface area contributed by atoms with Crippen molar-refractivity contribution in [2.75, 3.05) is 19.6 Å². The van der Waals surface area contributed by atoms with E-state index >= 15 is 0 Å². The summed E-state index contributed by atoms with van der Waals surface area (Å²) in [4.78, 5) is 11.1. The summed E-state index contributed by atoms with van der Waals surface area (Å²) in [5.74, 6) is 0.795. The summed E-state index contributed by atoms with van der Waals surface area (Å²) < 4.78 is 6.11. The van der Waals surface area contributed by atoms with Crippen LogP contribution in [0.2, 0.25) is 0 Å². The fourth-order valence-electron chi connectivity index (χ4n) is 1.31. The molecule has 1 rings (SSSR count). The molecule has 0 bridgehead atoms. The summed E-state index contributed by atoms with van der Waals surface area (Å²) in [7, 11) is 1.63. The predicted molar refractivity (Wildman–Crippen MR) is 73.0 cm³/mol. The largest absolute Gasteiger partial charge is 0.497 e. The van der Waals surface area contributed by atoms with E-state index in [1.807, 2.05) is 36.8 Å². The standard InChI is InChI=1S/C12H14O2S2/c1-14-10-6-4-9(5-7-10)11(8-13)12(15-2)16-3/h4-8H,1-3H3. The molecule has 0 spiro atoms. The van der Waals surface area contributed by atoms with Crippen LogP contribution in [0.15, 0.2) is 28.5 Å². The quantitative estimate of drug-likeness (QED) is 0.595. The molecule has 0 aliphatic carbocycles. The van der Waals surface area contributed by atoms with E-state index in [0.29, 0.717) is 0 Å². The van der Waals surface area contributed by atoms with Gasteiger partial charge in [-0.25, -0.2) is 0 Å². The Bertz CT molecular complexity index is 377. The number of benzene rings is 1. The van der Waals surface area contributed by atoms with Crippen LogP contribution in [-0.2, 0) is 4.79 Å². The van der Waals surface area contributed by atoms with Crippen LogP contribution in [0.5, 0.6) is 5.75 Å². The fraction of sp³-hybridized carbons (Fsp3) is 0.250. The van der Waals surface area contributed by atoms with Gasteiger partial charge in [0.25, 0.3) is 0 Å². The summed E-state index contributed by atoms with van der Waals surface area (Å²) in [6, 6.07) is 7.51. The van der Waals surface area contributed by atoms with E-state index in [1.54, 1.807) is 30.6 Å². The molecule has 0 saturated heterocycles. The Morgan fingerprint density at radius 1 is 1.19 bits per heavy atom. The third kappa shape index (κ3) is 3.06. The third-order valence-corrected chi connectivity index (χ3v) is 4.29. The molecule has 0 radical (unpaired) electrons. The summed E-state index contributed by atoms with van der Waals surface area (Å²) >= 11 is 3.17. The highest BCUT2D eigenvalue weighted by Crippen LogP contribution is 2.32. The van der Waals surface area contributed by atoms with Crippen molar-refractivity contribution in [2.24, 2.45) is 0 Å². The van der Waals surface area contributed by atoms with Crippen LogP contribution in [0.25, 0.3) is 5.57 Å². The van der Waals surface area contributed by atoms with Gasteiger partial charge in [0.15, 0.2) is 6.29 Å². The van der Waals surface area contributed by atoms with Gasteiger partial charge < -0.3 is 4.74 Å². The Kier molecular flexibility index (Phi) is 5.49.